The molecule has 7 heteroatoms. The van der Waals surface area contributed by atoms with Crippen LogP contribution in [0.2, 0.25) is 0 Å². The first kappa shape index (κ1) is 22.4. The highest BCUT2D eigenvalue weighted by Crippen LogP contribution is 2.42. The fourth-order valence-electron chi connectivity index (χ4n) is 2.05. The molecule has 0 amide bonds. The predicted octanol–water partition coefficient (Wildman–Crippen LogP) is 3.63. The highest BCUT2D eigenvalue weighted by Gasteiger charge is 2.41. The van der Waals surface area contributed by atoms with Gasteiger partial charge in [0.1, 0.15) is 13.2 Å². The lowest BCUT2D eigenvalue weighted by atomic mass is 10.0. The molecule has 0 fully saturated rings. The Kier molecular flexibility index (Phi) is 10.1. The summed E-state index contributed by atoms with van der Waals surface area (Å²) < 4.78 is 22.4. The lowest BCUT2D eigenvalue weighted by Gasteiger charge is -2.35. The highest BCUT2D eigenvalue weighted by molar-refractivity contribution is 8.70. The van der Waals surface area contributed by atoms with E-state index in [4.69, 9.17) is 9.47 Å². The summed E-state index contributed by atoms with van der Waals surface area (Å²) in [6, 6.07) is 0. The van der Waals surface area contributed by atoms with Crippen molar-refractivity contribution in [2.24, 2.45) is 0 Å². The SMILES string of the molecule is CCC(CC)(COC(C)=O)S[S@](=O)C(CC)(CC)COC(C)=O. The second-order valence-corrected chi connectivity index (χ2v) is 9.44. The molecule has 0 aliphatic carbocycles. The van der Waals surface area contributed by atoms with Crippen molar-refractivity contribution in [1.29, 1.82) is 0 Å². The summed E-state index contributed by atoms with van der Waals surface area (Å²) in [5.74, 6) is -0.699. The number of hydrogen-bond donors (Lipinski definition) is 0. The van der Waals surface area contributed by atoms with E-state index in [2.05, 4.69) is 0 Å². The van der Waals surface area contributed by atoms with Crippen LogP contribution in [0, 0.1) is 0 Å². The smallest absolute Gasteiger partial charge is 0.302 e. The van der Waals surface area contributed by atoms with Crippen molar-refractivity contribution in [3.8, 4) is 0 Å². The van der Waals surface area contributed by atoms with E-state index in [0.717, 1.165) is 12.8 Å². The Morgan fingerprint density at radius 2 is 1.30 bits per heavy atom. The van der Waals surface area contributed by atoms with Gasteiger partial charge in [-0.3, -0.25) is 9.59 Å². The molecule has 0 bridgehead atoms. The van der Waals surface area contributed by atoms with Crippen molar-refractivity contribution in [2.75, 3.05) is 13.2 Å². The van der Waals surface area contributed by atoms with Crippen molar-refractivity contribution in [3.63, 3.8) is 0 Å². The van der Waals surface area contributed by atoms with Crippen molar-refractivity contribution in [1.82, 2.24) is 0 Å². The number of esters is 2. The fourth-order valence-corrected chi connectivity index (χ4v) is 6.71. The van der Waals surface area contributed by atoms with Crippen molar-refractivity contribution >= 4 is 32.6 Å². The Labute approximate surface area is 146 Å². The number of ether oxygens (including phenoxy) is 2. The summed E-state index contributed by atoms with van der Waals surface area (Å²) in [6.07, 6.45) is 2.77. The Morgan fingerprint density at radius 3 is 1.65 bits per heavy atom. The molecule has 0 aromatic carbocycles. The van der Waals surface area contributed by atoms with Crippen LogP contribution in [0.4, 0.5) is 0 Å². The summed E-state index contributed by atoms with van der Waals surface area (Å²) >= 11 is 0. The van der Waals surface area contributed by atoms with Crippen LogP contribution in [0.25, 0.3) is 0 Å². The molecule has 136 valence electrons. The zero-order chi connectivity index (χ0) is 18.1. The first-order valence-corrected chi connectivity index (χ1v) is 10.6. The minimum Gasteiger partial charge on any atom is -0.464 e. The molecule has 5 nitrogen and oxygen atoms in total. The Morgan fingerprint density at radius 1 is 0.870 bits per heavy atom. The molecule has 0 heterocycles. The quantitative estimate of drug-likeness (QED) is 0.411. The van der Waals surface area contributed by atoms with E-state index in [0.29, 0.717) is 12.8 Å². The maximum absolute atomic E-state index is 13.1. The van der Waals surface area contributed by atoms with Gasteiger partial charge in [0.15, 0.2) is 0 Å². The molecule has 0 saturated heterocycles. The van der Waals surface area contributed by atoms with Gasteiger partial charge in [0.25, 0.3) is 0 Å². The van der Waals surface area contributed by atoms with E-state index in [1.807, 2.05) is 27.7 Å². The molecule has 0 saturated carbocycles. The molecule has 1 atom stereocenters. The van der Waals surface area contributed by atoms with E-state index < -0.39 is 14.6 Å². The van der Waals surface area contributed by atoms with Crippen LogP contribution in [0.3, 0.4) is 0 Å². The van der Waals surface area contributed by atoms with Crippen LogP contribution in [0.15, 0.2) is 0 Å². The molecule has 0 aliphatic rings. The van der Waals surface area contributed by atoms with E-state index in [9.17, 15) is 13.8 Å². The lowest BCUT2D eigenvalue weighted by Crippen LogP contribution is -2.41. The third-order valence-electron chi connectivity index (χ3n) is 4.26. The zero-order valence-corrected chi connectivity index (χ0v) is 16.7. The summed E-state index contributed by atoms with van der Waals surface area (Å²) in [5, 5.41) is 0. The van der Waals surface area contributed by atoms with Crippen molar-refractivity contribution in [3.05, 3.63) is 0 Å². The Bertz CT molecular complexity index is 415. The van der Waals surface area contributed by atoms with Crippen LogP contribution in [0.1, 0.15) is 67.2 Å². The van der Waals surface area contributed by atoms with Crippen LogP contribution in [-0.4, -0.2) is 38.9 Å². The molecular weight excluding hydrogens is 336 g/mol. The van der Waals surface area contributed by atoms with Crippen LogP contribution in [-0.2, 0) is 28.9 Å². The minimum absolute atomic E-state index is 0.145. The highest BCUT2D eigenvalue weighted by atomic mass is 33.1. The first-order chi connectivity index (χ1) is 10.7. The second kappa shape index (κ2) is 10.3. The maximum Gasteiger partial charge on any atom is 0.302 e. The molecule has 0 aliphatic heterocycles. The predicted molar refractivity (Wildman–Crippen MR) is 95.6 cm³/mol. The average Bonchev–Trinajstić information content (AvgIpc) is 2.52. The number of carbonyl (C=O) groups excluding carboxylic acids is 2. The number of hydrogen-bond acceptors (Lipinski definition) is 6. The standard InChI is InChI=1S/C16H30O5S2/c1-7-15(8-2,11-20-13(5)17)22-23(19)16(9-3,10-4)12-21-14(6)18/h7-12H2,1-6H3/t23-/m0/s1. The van der Waals surface area contributed by atoms with Gasteiger partial charge in [-0.1, -0.05) is 38.5 Å². The minimum atomic E-state index is -1.27. The monoisotopic (exact) mass is 366 g/mol. The van der Waals surface area contributed by atoms with Crippen LogP contribution < -0.4 is 0 Å². The van der Waals surface area contributed by atoms with Gasteiger partial charge < -0.3 is 9.47 Å². The first-order valence-electron chi connectivity index (χ1n) is 8.09. The van der Waals surface area contributed by atoms with Gasteiger partial charge in [-0.25, -0.2) is 4.21 Å². The third-order valence-corrected chi connectivity index (χ3v) is 9.44. The summed E-state index contributed by atoms with van der Waals surface area (Å²) in [6.45, 7) is 11.0. The average molecular weight is 367 g/mol. The third kappa shape index (κ3) is 6.83. The molecule has 23 heavy (non-hydrogen) atoms. The van der Waals surface area contributed by atoms with Crippen LogP contribution >= 0.6 is 10.8 Å². The number of carbonyl (C=O) groups is 2. The molecule has 0 rings (SSSR count). The van der Waals surface area contributed by atoms with E-state index in [1.165, 1.54) is 24.6 Å². The van der Waals surface area contributed by atoms with Gasteiger partial charge in [0.2, 0.25) is 0 Å². The maximum atomic E-state index is 13.1. The Balaban J connectivity index is 5.23. The molecular formula is C16H30O5S2. The van der Waals surface area contributed by atoms with Gasteiger partial charge in [0, 0.05) is 13.8 Å². The molecule has 0 N–H and O–H groups in total. The summed E-state index contributed by atoms with van der Waals surface area (Å²) in [5.41, 5.74) is 0. The van der Waals surface area contributed by atoms with Crippen molar-refractivity contribution in [2.45, 2.75) is 76.7 Å². The Hall–Kier alpha value is -0.560. The van der Waals surface area contributed by atoms with E-state index >= 15 is 0 Å². The number of rotatable bonds is 11. The lowest BCUT2D eigenvalue weighted by molar-refractivity contribution is -0.142. The summed E-state index contributed by atoms with van der Waals surface area (Å²) in [4.78, 5) is 22.3. The zero-order valence-electron chi connectivity index (χ0n) is 15.1. The topological polar surface area (TPSA) is 69.7 Å². The van der Waals surface area contributed by atoms with Crippen LogP contribution in [0.5, 0.6) is 0 Å². The largest absolute Gasteiger partial charge is 0.464 e. The van der Waals surface area contributed by atoms with Gasteiger partial charge >= 0.3 is 11.9 Å². The van der Waals surface area contributed by atoms with E-state index in [-0.39, 0.29) is 29.9 Å². The van der Waals surface area contributed by atoms with E-state index in [1.54, 1.807) is 0 Å². The molecule has 0 unspecified atom stereocenters. The molecule has 0 aromatic rings. The molecule has 0 aromatic heterocycles. The van der Waals surface area contributed by atoms with Gasteiger partial charge in [0.05, 0.1) is 19.3 Å². The van der Waals surface area contributed by atoms with Gasteiger partial charge in [-0.15, -0.1) is 0 Å². The summed E-state index contributed by atoms with van der Waals surface area (Å²) in [7, 11) is 0.0770. The molecule has 0 spiro atoms. The van der Waals surface area contributed by atoms with Gasteiger partial charge in [-0.05, 0) is 25.7 Å². The normalized spacial score (nSPS) is 13.5. The van der Waals surface area contributed by atoms with Gasteiger partial charge in [-0.2, -0.15) is 0 Å². The fraction of sp³-hybridized carbons (Fsp3) is 0.875. The second-order valence-electron chi connectivity index (χ2n) is 5.66. The van der Waals surface area contributed by atoms with Crippen molar-refractivity contribution < 1.29 is 23.3 Å². The molecule has 0 radical (unpaired) electrons.